The molecule has 1 saturated heterocycles. The highest BCUT2D eigenvalue weighted by molar-refractivity contribution is 6.23. The first-order valence-electron chi connectivity index (χ1n) is 9.71. The van der Waals surface area contributed by atoms with E-state index in [1.807, 2.05) is 19.1 Å². The molecule has 0 aliphatic carbocycles. The van der Waals surface area contributed by atoms with Crippen molar-refractivity contribution in [2.75, 3.05) is 4.90 Å². The second-order valence-electron chi connectivity index (χ2n) is 7.38. The zero-order chi connectivity index (χ0) is 20.3. The summed E-state index contributed by atoms with van der Waals surface area (Å²) in [6.07, 6.45) is 2.51. The number of rotatable bonds is 7. The molecular formula is C22H26N2O4. The molecule has 148 valence electrons. The summed E-state index contributed by atoms with van der Waals surface area (Å²) in [6.45, 7) is 6.26. The predicted molar refractivity (Wildman–Crippen MR) is 106 cm³/mol. The Morgan fingerprint density at radius 1 is 1.21 bits per heavy atom. The van der Waals surface area contributed by atoms with Crippen LogP contribution < -0.4 is 4.90 Å². The molecule has 0 radical (unpaired) electrons. The van der Waals surface area contributed by atoms with E-state index in [-0.39, 0.29) is 30.7 Å². The Balaban J connectivity index is 1.85. The second-order valence-corrected chi connectivity index (χ2v) is 7.38. The van der Waals surface area contributed by atoms with Gasteiger partial charge in [-0.15, -0.1) is 0 Å². The first kappa shape index (κ1) is 19.9. The zero-order valence-corrected chi connectivity index (χ0v) is 16.6. The van der Waals surface area contributed by atoms with E-state index < -0.39 is 6.04 Å². The Morgan fingerprint density at radius 3 is 2.50 bits per heavy atom. The van der Waals surface area contributed by atoms with Crippen molar-refractivity contribution in [1.29, 1.82) is 0 Å². The number of amides is 3. The highest BCUT2D eigenvalue weighted by atomic mass is 16.3. The molecule has 2 heterocycles. The van der Waals surface area contributed by atoms with Crippen LogP contribution in [0.1, 0.15) is 57.3 Å². The van der Waals surface area contributed by atoms with Gasteiger partial charge in [-0.3, -0.25) is 14.4 Å². The van der Waals surface area contributed by atoms with Crippen LogP contribution in [-0.4, -0.2) is 28.7 Å². The molecule has 3 rings (SSSR count). The van der Waals surface area contributed by atoms with Crippen molar-refractivity contribution in [2.45, 2.75) is 58.5 Å². The average molecular weight is 382 g/mol. The molecule has 0 spiro atoms. The maximum Gasteiger partial charge on any atom is 0.257 e. The lowest BCUT2D eigenvalue weighted by atomic mass is 10.0. The molecule has 0 bridgehead atoms. The predicted octanol–water partition coefficient (Wildman–Crippen LogP) is 3.86. The van der Waals surface area contributed by atoms with Crippen LogP contribution in [0, 0.1) is 0 Å². The van der Waals surface area contributed by atoms with Crippen LogP contribution in [0.15, 0.2) is 47.1 Å². The van der Waals surface area contributed by atoms with Crippen LogP contribution in [0.2, 0.25) is 0 Å². The van der Waals surface area contributed by atoms with E-state index in [4.69, 9.17) is 4.42 Å². The van der Waals surface area contributed by atoms with Crippen molar-refractivity contribution < 1.29 is 18.8 Å². The summed E-state index contributed by atoms with van der Waals surface area (Å²) in [5.41, 5.74) is 1.68. The molecule has 2 aromatic rings. The SMILES string of the molecule is CCCC(=O)N(Cc1ccco1)C1CC(=O)N(c2ccc(C(C)C)cc2)C1=O. The molecule has 1 aromatic carbocycles. The van der Waals surface area contributed by atoms with Gasteiger partial charge in [0.1, 0.15) is 11.8 Å². The van der Waals surface area contributed by atoms with Gasteiger partial charge in [0.25, 0.3) is 5.91 Å². The van der Waals surface area contributed by atoms with Gasteiger partial charge in [-0.25, -0.2) is 4.90 Å². The largest absolute Gasteiger partial charge is 0.467 e. The van der Waals surface area contributed by atoms with Gasteiger partial charge in [0.2, 0.25) is 11.8 Å². The van der Waals surface area contributed by atoms with Gasteiger partial charge in [0, 0.05) is 6.42 Å². The number of nitrogens with zero attached hydrogens (tertiary/aromatic N) is 2. The summed E-state index contributed by atoms with van der Waals surface area (Å²) in [5.74, 6) is 0.146. The van der Waals surface area contributed by atoms with Crippen LogP contribution in [0.4, 0.5) is 5.69 Å². The van der Waals surface area contributed by atoms with Crippen molar-refractivity contribution >= 4 is 23.4 Å². The quantitative estimate of drug-likeness (QED) is 0.682. The summed E-state index contributed by atoms with van der Waals surface area (Å²) in [4.78, 5) is 41.1. The first-order valence-corrected chi connectivity index (χ1v) is 9.71. The summed E-state index contributed by atoms with van der Waals surface area (Å²) in [5, 5.41) is 0. The Hall–Kier alpha value is -2.89. The van der Waals surface area contributed by atoms with Gasteiger partial charge < -0.3 is 9.32 Å². The Kier molecular flexibility index (Phi) is 5.97. The third kappa shape index (κ3) is 4.01. The van der Waals surface area contributed by atoms with Crippen molar-refractivity contribution in [3.63, 3.8) is 0 Å². The molecule has 6 nitrogen and oxygen atoms in total. The Bertz CT molecular complexity index is 840. The van der Waals surface area contributed by atoms with Gasteiger partial charge in [0.15, 0.2) is 0 Å². The number of carbonyl (C=O) groups excluding carboxylic acids is 3. The van der Waals surface area contributed by atoms with Crippen LogP contribution in [0.5, 0.6) is 0 Å². The molecule has 1 atom stereocenters. The minimum Gasteiger partial charge on any atom is -0.467 e. The fourth-order valence-electron chi connectivity index (χ4n) is 3.44. The van der Waals surface area contributed by atoms with Gasteiger partial charge in [-0.1, -0.05) is 32.9 Å². The maximum atomic E-state index is 13.1. The zero-order valence-electron chi connectivity index (χ0n) is 16.6. The van der Waals surface area contributed by atoms with Crippen LogP contribution >= 0.6 is 0 Å². The van der Waals surface area contributed by atoms with Crippen LogP contribution in [-0.2, 0) is 20.9 Å². The lowest BCUT2D eigenvalue weighted by molar-refractivity contribution is -0.139. The number of hydrogen-bond donors (Lipinski definition) is 0. The minimum absolute atomic E-state index is 0.0130. The smallest absolute Gasteiger partial charge is 0.257 e. The molecule has 1 aliphatic rings. The number of carbonyl (C=O) groups is 3. The maximum absolute atomic E-state index is 13.1. The van der Waals surface area contributed by atoms with Crippen molar-refractivity contribution in [3.05, 3.63) is 54.0 Å². The minimum atomic E-state index is -0.804. The molecule has 1 aliphatic heterocycles. The van der Waals surface area contributed by atoms with Gasteiger partial charge in [-0.2, -0.15) is 0 Å². The van der Waals surface area contributed by atoms with E-state index >= 15 is 0 Å². The van der Waals surface area contributed by atoms with Crippen LogP contribution in [0.25, 0.3) is 0 Å². The van der Waals surface area contributed by atoms with E-state index in [0.717, 1.165) is 5.56 Å². The summed E-state index contributed by atoms with van der Waals surface area (Å²) < 4.78 is 5.36. The van der Waals surface area contributed by atoms with Gasteiger partial charge in [0.05, 0.1) is 24.9 Å². The Morgan fingerprint density at radius 2 is 1.93 bits per heavy atom. The standard InChI is InChI=1S/C22H26N2O4/c1-4-6-20(25)23(14-18-7-5-12-28-18)19-13-21(26)24(22(19)27)17-10-8-16(9-11-17)15(2)3/h5,7-12,15,19H,4,6,13-14H2,1-3H3. The summed E-state index contributed by atoms with van der Waals surface area (Å²) >= 11 is 0. The van der Waals surface area contributed by atoms with Crippen LogP contribution in [0.3, 0.4) is 0 Å². The number of imide groups is 1. The number of anilines is 1. The molecule has 0 N–H and O–H groups in total. The Labute approximate surface area is 165 Å². The topological polar surface area (TPSA) is 70.8 Å². The van der Waals surface area contributed by atoms with E-state index in [1.165, 1.54) is 16.1 Å². The van der Waals surface area contributed by atoms with Crippen molar-refractivity contribution in [1.82, 2.24) is 4.90 Å². The number of benzene rings is 1. The monoisotopic (exact) mass is 382 g/mol. The first-order chi connectivity index (χ1) is 13.4. The average Bonchev–Trinajstić information content (AvgIpc) is 3.28. The van der Waals surface area contributed by atoms with E-state index in [0.29, 0.717) is 30.2 Å². The fraction of sp³-hybridized carbons (Fsp3) is 0.409. The molecule has 1 fully saturated rings. The lowest BCUT2D eigenvalue weighted by Gasteiger charge is -2.27. The highest BCUT2D eigenvalue weighted by Gasteiger charge is 2.44. The lowest BCUT2D eigenvalue weighted by Crippen LogP contribution is -2.45. The number of hydrogen-bond acceptors (Lipinski definition) is 4. The highest BCUT2D eigenvalue weighted by Crippen LogP contribution is 2.28. The van der Waals surface area contributed by atoms with E-state index in [1.54, 1.807) is 24.3 Å². The summed E-state index contributed by atoms with van der Waals surface area (Å²) in [6, 6.07) is 10.1. The van der Waals surface area contributed by atoms with Gasteiger partial charge in [-0.05, 0) is 42.2 Å². The molecule has 1 unspecified atom stereocenters. The molecular weight excluding hydrogens is 356 g/mol. The molecule has 6 heteroatoms. The third-order valence-electron chi connectivity index (χ3n) is 5.01. The van der Waals surface area contributed by atoms with Crippen molar-refractivity contribution in [2.24, 2.45) is 0 Å². The normalized spacial score (nSPS) is 16.9. The summed E-state index contributed by atoms with van der Waals surface area (Å²) in [7, 11) is 0. The van der Waals surface area contributed by atoms with E-state index in [2.05, 4.69) is 13.8 Å². The second kappa shape index (κ2) is 8.42. The third-order valence-corrected chi connectivity index (χ3v) is 5.01. The van der Waals surface area contributed by atoms with Gasteiger partial charge >= 0.3 is 0 Å². The van der Waals surface area contributed by atoms with E-state index in [9.17, 15) is 14.4 Å². The molecule has 28 heavy (non-hydrogen) atoms. The molecule has 3 amide bonds. The van der Waals surface area contributed by atoms with Crippen molar-refractivity contribution in [3.8, 4) is 0 Å². The molecule has 0 saturated carbocycles. The fourth-order valence-corrected chi connectivity index (χ4v) is 3.44. The molecule has 1 aromatic heterocycles. The number of furan rings is 1.